The fourth-order valence-electron chi connectivity index (χ4n) is 0.887. The van der Waals surface area contributed by atoms with Crippen molar-refractivity contribution in [2.24, 2.45) is 0 Å². The van der Waals surface area contributed by atoms with Crippen LogP contribution in [0.2, 0.25) is 0 Å². The van der Waals surface area contributed by atoms with E-state index in [1.807, 2.05) is 20.8 Å². The normalized spacial score (nSPS) is 11.1. The van der Waals surface area contributed by atoms with E-state index in [2.05, 4.69) is 4.74 Å². The van der Waals surface area contributed by atoms with Crippen LogP contribution < -0.4 is 4.74 Å². The largest absolute Gasteiger partial charge is 0.479 e. The van der Waals surface area contributed by atoms with E-state index in [0.717, 1.165) is 5.06 Å². The summed E-state index contributed by atoms with van der Waals surface area (Å²) < 4.78 is 10.2. The average Bonchev–Trinajstić information content (AvgIpc) is 2.48. The molecule has 78 valence electrons. The van der Waals surface area contributed by atoms with Gasteiger partial charge >= 0.3 is 5.97 Å². The van der Waals surface area contributed by atoms with Gasteiger partial charge in [-0.25, -0.2) is 4.79 Å². The van der Waals surface area contributed by atoms with Gasteiger partial charge in [-0.15, -0.1) is 0 Å². The molecule has 0 atom stereocenters. The molecular weight excluding hydrogens is 200 g/mol. The van der Waals surface area contributed by atoms with E-state index in [1.54, 1.807) is 12.1 Å². The standard InChI is InChI=1S/C10H14O3S/c1-10(2,3)13-8-6-5-7(14-8)9(11)12-4/h5-6H,1-4H3. The van der Waals surface area contributed by atoms with Gasteiger partial charge in [0.15, 0.2) is 5.06 Å². The fraction of sp³-hybridized carbons (Fsp3) is 0.500. The number of esters is 1. The summed E-state index contributed by atoms with van der Waals surface area (Å²) >= 11 is 1.30. The molecule has 0 radical (unpaired) electrons. The maximum absolute atomic E-state index is 11.1. The van der Waals surface area contributed by atoms with Gasteiger partial charge in [-0.2, -0.15) is 0 Å². The Hall–Kier alpha value is -1.03. The highest BCUT2D eigenvalue weighted by atomic mass is 32.1. The monoisotopic (exact) mass is 214 g/mol. The molecule has 3 nitrogen and oxygen atoms in total. The molecule has 0 unspecified atom stereocenters. The highest BCUT2D eigenvalue weighted by Crippen LogP contribution is 2.28. The molecule has 1 rings (SSSR count). The van der Waals surface area contributed by atoms with Gasteiger partial charge in [-0.1, -0.05) is 11.3 Å². The summed E-state index contributed by atoms with van der Waals surface area (Å²) in [5.74, 6) is -0.321. The first-order chi connectivity index (χ1) is 6.42. The Morgan fingerprint density at radius 2 is 2.00 bits per heavy atom. The maximum atomic E-state index is 11.1. The van der Waals surface area contributed by atoms with Crippen molar-refractivity contribution in [1.82, 2.24) is 0 Å². The Morgan fingerprint density at radius 3 is 2.50 bits per heavy atom. The van der Waals surface area contributed by atoms with Crippen molar-refractivity contribution in [2.45, 2.75) is 26.4 Å². The predicted molar refractivity (Wildman–Crippen MR) is 56.0 cm³/mol. The van der Waals surface area contributed by atoms with Gasteiger partial charge in [-0.3, -0.25) is 0 Å². The lowest BCUT2D eigenvalue weighted by molar-refractivity contribution is 0.0606. The van der Waals surface area contributed by atoms with E-state index in [1.165, 1.54) is 18.4 Å². The number of ether oxygens (including phenoxy) is 2. The van der Waals surface area contributed by atoms with Crippen LogP contribution >= 0.6 is 11.3 Å². The Morgan fingerprint density at radius 1 is 1.36 bits per heavy atom. The molecule has 0 aromatic carbocycles. The molecule has 1 heterocycles. The quantitative estimate of drug-likeness (QED) is 0.710. The van der Waals surface area contributed by atoms with Crippen LogP contribution in [0.5, 0.6) is 5.06 Å². The molecule has 0 spiro atoms. The van der Waals surface area contributed by atoms with Crippen molar-refractivity contribution in [2.75, 3.05) is 7.11 Å². The van der Waals surface area contributed by atoms with Crippen molar-refractivity contribution in [3.63, 3.8) is 0 Å². The van der Waals surface area contributed by atoms with Gasteiger partial charge in [0.1, 0.15) is 10.5 Å². The lowest BCUT2D eigenvalue weighted by Gasteiger charge is -2.19. The zero-order valence-electron chi connectivity index (χ0n) is 8.79. The van der Waals surface area contributed by atoms with Crippen LogP contribution in [0.4, 0.5) is 0 Å². The van der Waals surface area contributed by atoms with Gasteiger partial charge in [0.2, 0.25) is 0 Å². The van der Waals surface area contributed by atoms with Gasteiger partial charge in [-0.05, 0) is 32.9 Å². The summed E-state index contributed by atoms with van der Waals surface area (Å²) in [7, 11) is 1.37. The molecule has 14 heavy (non-hydrogen) atoms. The molecule has 1 aromatic heterocycles. The van der Waals surface area contributed by atoms with Crippen LogP contribution in [0.25, 0.3) is 0 Å². The lowest BCUT2D eigenvalue weighted by Crippen LogP contribution is -2.22. The van der Waals surface area contributed by atoms with E-state index in [9.17, 15) is 4.79 Å². The summed E-state index contributed by atoms with van der Waals surface area (Å²) in [6.45, 7) is 5.89. The van der Waals surface area contributed by atoms with Crippen molar-refractivity contribution < 1.29 is 14.3 Å². The first-order valence-corrected chi connectivity index (χ1v) is 5.11. The molecule has 0 aliphatic carbocycles. The van der Waals surface area contributed by atoms with Crippen LogP contribution in [0.1, 0.15) is 30.4 Å². The number of methoxy groups -OCH3 is 1. The minimum absolute atomic E-state index is 0.238. The number of carbonyl (C=O) groups is 1. The summed E-state index contributed by atoms with van der Waals surface area (Å²) in [6.07, 6.45) is 0. The van der Waals surface area contributed by atoms with Crippen molar-refractivity contribution >= 4 is 17.3 Å². The second-order valence-corrected chi connectivity index (χ2v) is 4.87. The van der Waals surface area contributed by atoms with Crippen LogP contribution in [-0.4, -0.2) is 18.7 Å². The number of thiophene rings is 1. The zero-order valence-corrected chi connectivity index (χ0v) is 9.60. The Bertz CT molecular complexity index is 322. The third kappa shape index (κ3) is 3.03. The summed E-state index contributed by atoms with van der Waals surface area (Å²) in [5.41, 5.74) is -0.238. The highest BCUT2D eigenvalue weighted by Gasteiger charge is 2.15. The molecular formula is C10H14O3S. The van der Waals surface area contributed by atoms with E-state index >= 15 is 0 Å². The smallest absolute Gasteiger partial charge is 0.348 e. The lowest BCUT2D eigenvalue weighted by atomic mass is 10.2. The topological polar surface area (TPSA) is 35.5 Å². The van der Waals surface area contributed by atoms with E-state index < -0.39 is 0 Å². The van der Waals surface area contributed by atoms with E-state index in [-0.39, 0.29) is 11.6 Å². The van der Waals surface area contributed by atoms with Crippen LogP contribution in [0, 0.1) is 0 Å². The van der Waals surface area contributed by atoms with E-state index in [4.69, 9.17) is 4.74 Å². The van der Waals surface area contributed by atoms with Gasteiger partial charge in [0.05, 0.1) is 7.11 Å². The highest BCUT2D eigenvalue weighted by molar-refractivity contribution is 7.15. The third-order valence-electron chi connectivity index (χ3n) is 1.37. The third-order valence-corrected chi connectivity index (χ3v) is 2.32. The fourth-order valence-corrected chi connectivity index (χ4v) is 1.83. The Balaban J connectivity index is 2.74. The summed E-state index contributed by atoms with van der Waals surface area (Å²) in [4.78, 5) is 11.7. The van der Waals surface area contributed by atoms with Gasteiger partial charge < -0.3 is 9.47 Å². The first-order valence-electron chi connectivity index (χ1n) is 4.29. The molecule has 0 fully saturated rings. The number of carbonyl (C=O) groups excluding carboxylic acids is 1. The number of hydrogen-bond donors (Lipinski definition) is 0. The number of hydrogen-bond acceptors (Lipinski definition) is 4. The van der Waals surface area contributed by atoms with Crippen molar-refractivity contribution in [3.05, 3.63) is 17.0 Å². The Kier molecular flexibility index (Phi) is 3.16. The molecule has 0 saturated heterocycles. The van der Waals surface area contributed by atoms with Crippen LogP contribution in [-0.2, 0) is 4.74 Å². The van der Waals surface area contributed by atoms with E-state index in [0.29, 0.717) is 4.88 Å². The first kappa shape index (κ1) is 11.0. The maximum Gasteiger partial charge on any atom is 0.348 e. The molecule has 0 amide bonds. The Labute approximate surface area is 87.7 Å². The SMILES string of the molecule is COC(=O)c1ccc(OC(C)(C)C)s1. The minimum Gasteiger partial charge on any atom is -0.479 e. The molecule has 4 heteroatoms. The second-order valence-electron chi connectivity index (χ2n) is 3.82. The molecule has 1 aromatic rings. The molecule has 0 aliphatic rings. The predicted octanol–water partition coefficient (Wildman–Crippen LogP) is 2.71. The van der Waals surface area contributed by atoms with Crippen LogP contribution in [0.15, 0.2) is 12.1 Å². The minimum atomic E-state index is -0.321. The van der Waals surface area contributed by atoms with Crippen LogP contribution in [0.3, 0.4) is 0 Å². The molecule has 0 saturated carbocycles. The van der Waals surface area contributed by atoms with Gasteiger partial charge in [0.25, 0.3) is 0 Å². The molecule has 0 aliphatic heterocycles. The van der Waals surface area contributed by atoms with Crippen molar-refractivity contribution in [1.29, 1.82) is 0 Å². The summed E-state index contributed by atoms with van der Waals surface area (Å²) in [6, 6.07) is 3.49. The second kappa shape index (κ2) is 4.00. The van der Waals surface area contributed by atoms with Gasteiger partial charge in [0, 0.05) is 0 Å². The zero-order chi connectivity index (χ0) is 10.8. The molecule has 0 N–H and O–H groups in total. The average molecular weight is 214 g/mol. The summed E-state index contributed by atoms with van der Waals surface area (Å²) in [5, 5.41) is 0.734. The molecule has 0 bridgehead atoms. The number of rotatable bonds is 2. The van der Waals surface area contributed by atoms with Crippen molar-refractivity contribution in [3.8, 4) is 5.06 Å².